The molecular formula is C27H21N5O. The highest BCUT2D eigenvalue weighted by atomic mass is 16.1. The molecule has 5 rings (SSSR count). The van der Waals surface area contributed by atoms with Gasteiger partial charge in [0.05, 0.1) is 16.9 Å². The Morgan fingerprint density at radius 1 is 0.667 bits per heavy atom. The van der Waals surface area contributed by atoms with Crippen LogP contribution in [0.5, 0.6) is 0 Å². The fraction of sp³-hybridized carbons (Fsp3) is 0. The van der Waals surface area contributed by atoms with Crippen molar-refractivity contribution < 1.29 is 4.79 Å². The maximum absolute atomic E-state index is 12.8. The molecule has 1 heterocycles. The van der Waals surface area contributed by atoms with Crippen molar-refractivity contribution in [3.05, 3.63) is 127 Å². The molecule has 5 aromatic rings. The highest BCUT2D eigenvalue weighted by Gasteiger charge is 2.16. The lowest BCUT2D eigenvalue weighted by molar-refractivity contribution is 0.103. The number of anilines is 3. The van der Waals surface area contributed by atoms with E-state index in [9.17, 15) is 4.79 Å². The van der Waals surface area contributed by atoms with Crippen molar-refractivity contribution in [3.8, 4) is 0 Å². The number of rotatable bonds is 7. The minimum atomic E-state index is -0.0171. The van der Waals surface area contributed by atoms with Gasteiger partial charge in [0.1, 0.15) is 6.33 Å². The average Bonchev–Trinajstić information content (AvgIpc) is 2.90. The highest BCUT2D eigenvalue weighted by molar-refractivity contribution is 6.09. The van der Waals surface area contributed by atoms with Gasteiger partial charge in [-0.05, 0) is 48.5 Å². The van der Waals surface area contributed by atoms with Crippen LogP contribution < -0.4 is 16.0 Å². The average molecular weight is 431 g/mol. The van der Waals surface area contributed by atoms with Gasteiger partial charge in [-0.25, -0.2) is 15.0 Å². The molecule has 33 heavy (non-hydrogen) atoms. The molecule has 0 aliphatic rings. The molecule has 1 aromatic heterocycles. The summed E-state index contributed by atoms with van der Waals surface area (Å²) in [5, 5.41) is 2.74. The number of hydrazine groups is 2. The van der Waals surface area contributed by atoms with Gasteiger partial charge >= 0.3 is 0 Å². The molecule has 6 heteroatoms. The summed E-state index contributed by atoms with van der Waals surface area (Å²) in [7, 11) is 0. The van der Waals surface area contributed by atoms with Crippen LogP contribution in [0.1, 0.15) is 15.9 Å². The van der Waals surface area contributed by atoms with Gasteiger partial charge < -0.3 is 5.43 Å². The maximum atomic E-state index is 12.8. The Morgan fingerprint density at radius 2 is 1.30 bits per heavy atom. The molecule has 0 aliphatic heterocycles. The molecule has 0 atom stereocenters. The maximum Gasteiger partial charge on any atom is 0.193 e. The molecule has 0 bridgehead atoms. The molecule has 0 amide bonds. The number of nitrogens with zero attached hydrogens (tertiary/aromatic N) is 3. The molecule has 6 nitrogen and oxygen atoms in total. The smallest absolute Gasteiger partial charge is 0.193 e. The second kappa shape index (κ2) is 9.30. The second-order valence-electron chi connectivity index (χ2n) is 7.39. The molecule has 0 fully saturated rings. The first kappa shape index (κ1) is 20.4. The van der Waals surface area contributed by atoms with Crippen LogP contribution in [0.25, 0.3) is 10.9 Å². The van der Waals surface area contributed by atoms with Crippen molar-refractivity contribution in [1.29, 1.82) is 0 Å². The lowest BCUT2D eigenvalue weighted by atomic mass is 10.0. The van der Waals surface area contributed by atoms with Crippen molar-refractivity contribution >= 4 is 33.9 Å². The summed E-state index contributed by atoms with van der Waals surface area (Å²) in [4.78, 5) is 21.7. The van der Waals surface area contributed by atoms with Crippen molar-refractivity contribution in [2.45, 2.75) is 0 Å². The quantitative estimate of drug-likeness (QED) is 0.261. The predicted molar refractivity (Wildman–Crippen MR) is 131 cm³/mol. The van der Waals surface area contributed by atoms with E-state index >= 15 is 0 Å². The number of para-hydroxylation sites is 2. The number of carbonyl (C=O) groups excluding carboxylic acids is 1. The normalized spacial score (nSPS) is 10.7. The molecule has 2 N–H and O–H groups in total. The first-order valence-corrected chi connectivity index (χ1v) is 10.6. The zero-order chi connectivity index (χ0) is 22.5. The fourth-order valence-electron chi connectivity index (χ4n) is 3.57. The summed E-state index contributed by atoms with van der Waals surface area (Å²) in [6, 6.07) is 34.3. The Morgan fingerprint density at radius 3 is 2.06 bits per heavy atom. The molecule has 0 radical (unpaired) electrons. The molecular weight excluding hydrogens is 410 g/mol. The van der Waals surface area contributed by atoms with E-state index in [4.69, 9.17) is 0 Å². The number of nitrogens with one attached hydrogen (secondary N) is 2. The standard InChI is InChI=1S/C27H21N5O/c33-26(20-9-3-1-4-10-20)21-15-17-23(18-16-21)32(31-30-22-11-5-2-6-12-22)27-24-13-7-8-14-25(24)28-19-29-27/h1-19,30-31H. The van der Waals surface area contributed by atoms with Gasteiger partial charge in [-0.15, -0.1) is 5.53 Å². The molecule has 0 spiro atoms. The Balaban J connectivity index is 1.50. The number of aromatic nitrogens is 2. The Labute approximate surface area is 191 Å². The molecule has 0 unspecified atom stereocenters. The van der Waals surface area contributed by atoms with Crippen molar-refractivity contribution in [3.63, 3.8) is 0 Å². The number of carbonyl (C=O) groups is 1. The predicted octanol–water partition coefficient (Wildman–Crippen LogP) is 5.53. The second-order valence-corrected chi connectivity index (χ2v) is 7.39. The lowest BCUT2D eigenvalue weighted by Gasteiger charge is -2.26. The van der Waals surface area contributed by atoms with E-state index in [1.807, 2.05) is 114 Å². The van der Waals surface area contributed by atoms with E-state index < -0.39 is 0 Å². The van der Waals surface area contributed by atoms with E-state index in [1.165, 1.54) is 0 Å². The summed E-state index contributed by atoms with van der Waals surface area (Å²) < 4.78 is 0. The van der Waals surface area contributed by atoms with Crippen LogP contribution >= 0.6 is 0 Å². The zero-order valence-corrected chi connectivity index (χ0v) is 17.7. The van der Waals surface area contributed by atoms with Crippen molar-refractivity contribution in [1.82, 2.24) is 15.5 Å². The molecule has 4 aromatic carbocycles. The van der Waals surface area contributed by atoms with Crippen LogP contribution in [0, 0.1) is 0 Å². The number of hydrogen-bond donors (Lipinski definition) is 2. The molecule has 160 valence electrons. The zero-order valence-electron chi connectivity index (χ0n) is 17.7. The Bertz CT molecular complexity index is 1370. The Hall–Kier alpha value is -4.55. The van der Waals surface area contributed by atoms with Gasteiger partial charge in [-0.2, -0.15) is 0 Å². The summed E-state index contributed by atoms with van der Waals surface area (Å²) in [6.45, 7) is 0. The van der Waals surface area contributed by atoms with Gasteiger partial charge in [0, 0.05) is 16.5 Å². The molecule has 0 aliphatic carbocycles. The van der Waals surface area contributed by atoms with Gasteiger partial charge in [0.15, 0.2) is 11.6 Å². The summed E-state index contributed by atoms with van der Waals surface area (Å²) >= 11 is 0. The summed E-state index contributed by atoms with van der Waals surface area (Å²) in [6.07, 6.45) is 1.54. The third-order valence-electron chi connectivity index (χ3n) is 5.24. The van der Waals surface area contributed by atoms with Gasteiger partial charge in [0.2, 0.25) is 0 Å². The van der Waals surface area contributed by atoms with Gasteiger partial charge in [0.25, 0.3) is 0 Å². The van der Waals surface area contributed by atoms with Gasteiger partial charge in [-0.1, -0.05) is 60.7 Å². The fourth-order valence-corrected chi connectivity index (χ4v) is 3.57. The van der Waals surface area contributed by atoms with Crippen LogP contribution in [0.2, 0.25) is 0 Å². The lowest BCUT2D eigenvalue weighted by Crippen LogP contribution is -2.39. The number of fused-ring (bicyclic) bond motifs is 1. The molecule has 0 saturated heterocycles. The van der Waals surface area contributed by atoms with Crippen LogP contribution in [0.4, 0.5) is 17.2 Å². The minimum absolute atomic E-state index is 0.0171. The number of hydrogen-bond acceptors (Lipinski definition) is 6. The number of ketones is 1. The topological polar surface area (TPSA) is 70.2 Å². The van der Waals surface area contributed by atoms with Gasteiger partial charge in [-0.3, -0.25) is 4.79 Å². The third kappa shape index (κ3) is 4.42. The SMILES string of the molecule is O=C(c1ccccc1)c1ccc(N(NNc2ccccc2)c2ncnc3ccccc23)cc1. The Kier molecular flexibility index (Phi) is 5.74. The van der Waals surface area contributed by atoms with Crippen LogP contribution in [0.3, 0.4) is 0 Å². The minimum Gasteiger partial charge on any atom is -0.304 e. The van der Waals surface area contributed by atoms with E-state index in [0.29, 0.717) is 16.9 Å². The van der Waals surface area contributed by atoms with E-state index in [0.717, 1.165) is 22.3 Å². The van der Waals surface area contributed by atoms with Crippen LogP contribution in [0.15, 0.2) is 116 Å². The van der Waals surface area contributed by atoms with E-state index in [1.54, 1.807) is 6.33 Å². The van der Waals surface area contributed by atoms with Crippen molar-refractivity contribution in [2.75, 3.05) is 10.4 Å². The van der Waals surface area contributed by atoms with Crippen LogP contribution in [-0.4, -0.2) is 15.8 Å². The first-order chi connectivity index (χ1) is 16.3. The van der Waals surface area contributed by atoms with Crippen molar-refractivity contribution in [2.24, 2.45) is 0 Å². The third-order valence-corrected chi connectivity index (χ3v) is 5.24. The summed E-state index contributed by atoms with van der Waals surface area (Å²) in [5.74, 6) is 0.669. The largest absolute Gasteiger partial charge is 0.304 e. The highest BCUT2D eigenvalue weighted by Crippen LogP contribution is 2.28. The van der Waals surface area contributed by atoms with E-state index in [2.05, 4.69) is 20.9 Å². The molecule has 0 saturated carbocycles. The number of benzene rings is 4. The monoisotopic (exact) mass is 431 g/mol. The van der Waals surface area contributed by atoms with E-state index in [-0.39, 0.29) is 5.78 Å². The summed E-state index contributed by atoms with van der Waals surface area (Å²) in [5.41, 5.74) is 10.3. The van der Waals surface area contributed by atoms with Crippen LogP contribution in [-0.2, 0) is 0 Å². The first-order valence-electron chi connectivity index (χ1n) is 10.6.